The topological polar surface area (TPSA) is 53.1 Å². The molecule has 0 bridgehead atoms. The number of benzene rings is 1. The number of nitrogens with one attached hydrogen (secondary N) is 2. The monoisotopic (exact) mass is 284 g/mol. The smallest absolute Gasteiger partial charge is 0.204 e. The lowest BCUT2D eigenvalue weighted by molar-refractivity contribution is 1.24. The second-order valence-corrected chi connectivity index (χ2v) is 5.80. The Hall–Kier alpha value is -2.14. The van der Waals surface area contributed by atoms with Gasteiger partial charge in [-0.1, -0.05) is 23.5 Å². The van der Waals surface area contributed by atoms with Gasteiger partial charge in [-0.05, 0) is 38.5 Å². The molecule has 0 aliphatic carbocycles. The van der Waals surface area contributed by atoms with Gasteiger partial charge in [-0.3, -0.25) is 5.43 Å². The molecule has 0 saturated heterocycles. The first-order chi connectivity index (χ1) is 9.65. The molecule has 1 aromatic carbocycles. The molecule has 0 aliphatic heterocycles. The van der Waals surface area contributed by atoms with Gasteiger partial charge in [-0.25, -0.2) is 4.98 Å². The van der Waals surface area contributed by atoms with Crippen LogP contribution in [0.4, 0.5) is 5.13 Å². The maximum Gasteiger partial charge on any atom is 0.204 e. The van der Waals surface area contributed by atoms with Crippen molar-refractivity contribution in [3.05, 3.63) is 47.3 Å². The molecule has 5 heteroatoms. The standard InChI is InChI=1S/C15H16N4S/c1-9-8-16-10(2)14(9)11(3)18-19-15-17-12-6-4-5-7-13(12)20-15/h4-8,16H,1-3H3,(H,17,19)/b18-11+. The second kappa shape index (κ2) is 5.09. The van der Waals surface area contributed by atoms with Crippen molar-refractivity contribution in [3.8, 4) is 0 Å². The number of nitrogens with zero attached hydrogens (tertiary/aromatic N) is 2. The maximum atomic E-state index is 4.50. The highest BCUT2D eigenvalue weighted by Crippen LogP contribution is 2.25. The lowest BCUT2D eigenvalue weighted by atomic mass is 10.1. The van der Waals surface area contributed by atoms with Crippen molar-refractivity contribution in [1.82, 2.24) is 9.97 Å². The van der Waals surface area contributed by atoms with E-state index in [0.717, 1.165) is 26.8 Å². The number of fused-ring (bicyclic) bond motifs is 1. The van der Waals surface area contributed by atoms with Crippen molar-refractivity contribution >= 4 is 32.4 Å². The van der Waals surface area contributed by atoms with E-state index < -0.39 is 0 Å². The highest BCUT2D eigenvalue weighted by Gasteiger charge is 2.08. The first-order valence-electron chi connectivity index (χ1n) is 6.46. The number of aromatic nitrogens is 2. The van der Waals surface area contributed by atoms with Crippen LogP contribution in [0, 0.1) is 13.8 Å². The van der Waals surface area contributed by atoms with Gasteiger partial charge in [0.15, 0.2) is 0 Å². The maximum absolute atomic E-state index is 4.50. The molecule has 0 unspecified atom stereocenters. The predicted octanol–water partition coefficient (Wildman–Crippen LogP) is 4.08. The van der Waals surface area contributed by atoms with Crippen LogP contribution in [-0.2, 0) is 0 Å². The molecule has 102 valence electrons. The largest absolute Gasteiger partial charge is 0.364 e. The molecule has 20 heavy (non-hydrogen) atoms. The van der Waals surface area contributed by atoms with Gasteiger partial charge in [0.2, 0.25) is 5.13 Å². The summed E-state index contributed by atoms with van der Waals surface area (Å²) >= 11 is 1.61. The summed E-state index contributed by atoms with van der Waals surface area (Å²) in [5.74, 6) is 0. The molecule has 0 saturated carbocycles. The minimum absolute atomic E-state index is 0.816. The quantitative estimate of drug-likeness (QED) is 0.562. The SMILES string of the molecule is C/C(=N\Nc1nc2ccccc2s1)c1c(C)c[nH]c1C. The Morgan fingerprint density at radius 2 is 2.10 bits per heavy atom. The van der Waals surface area contributed by atoms with Crippen molar-refractivity contribution in [1.29, 1.82) is 0 Å². The molecule has 0 atom stereocenters. The summed E-state index contributed by atoms with van der Waals surface area (Å²) in [7, 11) is 0. The molecular weight excluding hydrogens is 268 g/mol. The zero-order valence-electron chi connectivity index (χ0n) is 11.7. The van der Waals surface area contributed by atoms with Gasteiger partial charge >= 0.3 is 0 Å². The van der Waals surface area contributed by atoms with E-state index in [4.69, 9.17) is 0 Å². The third-order valence-electron chi connectivity index (χ3n) is 3.25. The van der Waals surface area contributed by atoms with Crippen LogP contribution in [0.15, 0.2) is 35.6 Å². The van der Waals surface area contributed by atoms with E-state index in [9.17, 15) is 0 Å². The lowest BCUT2D eigenvalue weighted by Gasteiger charge is -2.02. The molecule has 2 heterocycles. The number of aromatic amines is 1. The van der Waals surface area contributed by atoms with Crippen molar-refractivity contribution in [2.75, 3.05) is 5.43 Å². The molecule has 0 amide bonds. The Bertz CT molecular complexity index is 730. The van der Waals surface area contributed by atoms with E-state index in [1.165, 1.54) is 11.1 Å². The minimum Gasteiger partial charge on any atom is -0.364 e. The molecule has 2 aromatic heterocycles. The van der Waals surface area contributed by atoms with Crippen LogP contribution in [0.25, 0.3) is 10.2 Å². The fourth-order valence-corrected chi connectivity index (χ4v) is 3.13. The lowest BCUT2D eigenvalue weighted by Crippen LogP contribution is -2.01. The number of hydrogen-bond acceptors (Lipinski definition) is 4. The Kier molecular flexibility index (Phi) is 3.28. The van der Waals surface area contributed by atoms with Gasteiger partial charge in [-0.15, -0.1) is 0 Å². The number of thiazole rings is 1. The molecule has 3 rings (SSSR count). The van der Waals surface area contributed by atoms with E-state index in [1.54, 1.807) is 11.3 Å². The molecule has 0 spiro atoms. The number of anilines is 1. The molecule has 0 fully saturated rings. The summed E-state index contributed by atoms with van der Waals surface area (Å²) in [6.45, 7) is 6.14. The predicted molar refractivity (Wildman–Crippen MR) is 85.7 cm³/mol. The summed E-state index contributed by atoms with van der Waals surface area (Å²) in [4.78, 5) is 7.72. The molecule has 4 nitrogen and oxygen atoms in total. The Labute approximate surface area is 121 Å². The first-order valence-corrected chi connectivity index (χ1v) is 7.27. The van der Waals surface area contributed by atoms with Gasteiger partial charge < -0.3 is 4.98 Å². The number of aryl methyl sites for hydroxylation is 2. The van der Waals surface area contributed by atoms with E-state index >= 15 is 0 Å². The fraction of sp³-hybridized carbons (Fsp3) is 0.200. The zero-order chi connectivity index (χ0) is 14.1. The van der Waals surface area contributed by atoms with Crippen molar-refractivity contribution in [2.45, 2.75) is 20.8 Å². The third-order valence-corrected chi connectivity index (χ3v) is 4.19. The molecular formula is C15H16N4S. The summed E-state index contributed by atoms with van der Waals surface area (Å²) in [6, 6.07) is 8.08. The van der Waals surface area contributed by atoms with Crippen LogP contribution < -0.4 is 5.43 Å². The van der Waals surface area contributed by atoms with Crippen LogP contribution in [0.1, 0.15) is 23.7 Å². The summed E-state index contributed by atoms with van der Waals surface area (Å²) in [6.07, 6.45) is 2.00. The number of hydrazone groups is 1. The zero-order valence-corrected chi connectivity index (χ0v) is 12.5. The molecule has 3 aromatic rings. The number of para-hydroxylation sites is 1. The van der Waals surface area contributed by atoms with Crippen LogP contribution >= 0.6 is 11.3 Å². The molecule has 0 aliphatic rings. The Morgan fingerprint density at radius 1 is 1.30 bits per heavy atom. The van der Waals surface area contributed by atoms with Gasteiger partial charge in [0, 0.05) is 17.5 Å². The molecule has 0 radical (unpaired) electrons. The Morgan fingerprint density at radius 3 is 2.80 bits per heavy atom. The fourth-order valence-electron chi connectivity index (χ4n) is 2.32. The summed E-state index contributed by atoms with van der Waals surface area (Å²) in [5, 5.41) is 5.26. The van der Waals surface area contributed by atoms with Crippen LogP contribution in [0.3, 0.4) is 0 Å². The van der Waals surface area contributed by atoms with Gasteiger partial charge in [0.05, 0.1) is 15.9 Å². The van der Waals surface area contributed by atoms with Crippen LogP contribution in [0.5, 0.6) is 0 Å². The first kappa shape index (κ1) is 12.9. The highest BCUT2D eigenvalue weighted by molar-refractivity contribution is 7.22. The van der Waals surface area contributed by atoms with Crippen LogP contribution in [-0.4, -0.2) is 15.7 Å². The van der Waals surface area contributed by atoms with Gasteiger partial charge in [0.1, 0.15) is 0 Å². The normalized spacial score (nSPS) is 12.1. The van der Waals surface area contributed by atoms with E-state index in [1.807, 2.05) is 31.3 Å². The average molecular weight is 284 g/mol. The highest BCUT2D eigenvalue weighted by atomic mass is 32.1. The second-order valence-electron chi connectivity index (χ2n) is 4.77. The number of rotatable bonds is 3. The Balaban J connectivity index is 1.86. The number of H-pyrrole nitrogens is 1. The molecule has 2 N–H and O–H groups in total. The van der Waals surface area contributed by atoms with Gasteiger partial charge in [-0.2, -0.15) is 5.10 Å². The average Bonchev–Trinajstić information content (AvgIpc) is 2.99. The van der Waals surface area contributed by atoms with Crippen LogP contribution in [0.2, 0.25) is 0 Å². The summed E-state index contributed by atoms with van der Waals surface area (Å²) < 4.78 is 1.16. The minimum atomic E-state index is 0.816. The van der Waals surface area contributed by atoms with E-state index in [2.05, 4.69) is 40.4 Å². The summed E-state index contributed by atoms with van der Waals surface area (Å²) in [5.41, 5.74) is 8.52. The van der Waals surface area contributed by atoms with Crippen molar-refractivity contribution < 1.29 is 0 Å². The van der Waals surface area contributed by atoms with Crippen molar-refractivity contribution in [2.24, 2.45) is 5.10 Å². The number of hydrogen-bond donors (Lipinski definition) is 2. The van der Waals surface area contributed by atoms with Gasteiger partial charge in [0.25, 0.3) is 0 Å². The van der Waals surface area contributed by atoms with Crippen molar-refractivity contribution in [3.63, 3.8) is 0 Å². The van der Waals surface area contributed by atoms with E-state index in [0.29, 0.717) is 0 Å². The van der Waals surface area contributed by atoms with E-state index in [-0.39, 0.29) is 0 Å². The third kappa shape index (κ3) is 2.32.